The number of phenolic OH excluding ortho intramolecular Hbond substituents is 1. The fraction of sp³-hybridized carbons (Fsp3) is 0.364. The number of carboxylic acids is 1. The van der Waals surface area contributed by atoms with E-state index in [1.165, 1.54) is 0 Å². The van der Waals surface area contributed by atoms with Gasteiger partial charge >= 0.3 is 5.97 Å². The Morgan fingerprint density at radius 3 is 2.79 bits per heavy atom. The van der Waals surface area contributed by atoms with Gasteiger partial charge in [-0.1, -0.05) is 17.7 Å². The zero-order valence-corrected chi connectivity index (χ0v) is 8.16. The normalized spacial score (nSPS) is 10.1. The molecule has 0 saturated carbocycles. The summed E-state index contributed by atoms with van der Waals surface area (Å²) >= 11 is 0. The number of phenols is 1. The molecule has 0 heterocycles. The molecule has 0 unspecified atom stereocenters. The van der Waals surface area contributed by atoms with Crippen molar-refractivity contribution in [2.75, 3.05) is 0 Å². The molecular weight excluding hydrogens is 180 g/mol. The van der Waals surface area contributed by atoms with Crippen molar-refractivity contribution in [3.63, 3.8) is 0 Å². The maximum atomic E-state index is 10.3. The van der Waals surface area contributed by atoms with Crippen LogP contribution in [0.25, 0.3) is 0 Å². The second kappa shape index (κ2) is 4.65. The van der Waals surface area contributed by atoms with Gasteiger partial charge in [-0.25, -0.2) is 0 Å². The van der Waals surface area contributed by atoms with Gasteiger partial charge in [-0.05, 0) is 31.4 Å². The topological polar surface area (TPSA) is 57.5 Å². The Labute approximate surface area is 83.0 Å². The standard InChI is InChI=1S/C11H14O3/c1-8-5-6-10(12)9(7-8)3-2-4-11(13)14/h5-7,12H,2-4H2,1H3,(H,13,14). The molecule has 1 aromatic carbocycles. The van der Waals surface area contributed by atoms with Crippen molar-refractivity contribution in [3.8, 4) is 5.75 Å². The molecule has 0 aliphatic rings. The molecule has 0 aliphatic carbocycles. The molecule has 1 rings (SSSR count). The first-order chi connectivity index (χ1) is 6.59. The zero-order valence-electron chi connectivity index (χ0n) is 8.16. The number of carbonyl (C=O) groups is 1. The average molecular weight is 194 g/mol. The van der Waals surface area contributed by atoms with Crippen molar-refractivity contribution in [2.24, 2.45) is 0 Å². The molecule has 0 fully saturated rings. The molecule has 0 atom stereocenters. The molecule has 3 nitrogen and oxygen atoms in total. The summed E-state index contributed by atoms with van der Waals surface area (Å²) in [5.74, 6) is -0.543. The van der Waals surface area contributed by atoms with Gasteiger partial charge < -0.3 is 10.2 Å². The number of hydrogen-bond donors (Lipinski definition) is 2. The fourth-order valence-corrected chi connectivity index (χ4v) is 1.34. The molecule has 0 aromatic heterocycles. The molecule has 14 heavy (non-hydrogen) atoms. The van der Waals surface area contributed by atoms with Crippen molar-refractivity contribution < 1.29 is 15.0 Å². The van der Waals surface area contributed by atoms with Crippen LogP contribution in [-0.4, -0.2) is 16.2 Å². The lowest BCUT2D eigenvalue weighted by Crippen LogP contribution is -1.96. The molecule has 76 valence electrons. The van der Waals surface area contributed by atoms with E-state index in [0.29, 0.717) is 12.8 Å². The number of aliphatic carboxylic acids is 1. The lowest BCUT2D eigenvalue weighted by atomic mass is 10.0. The molecule has 0 saturated heterocycles. The summed E-state index contributed by atoms with van der Waals surface area (Å²) in [7, 11) is 0. The number of rotatable bonds is 4. The minimum absolute atomic E-state index is 0.146. The van der Waals surface area contributed by atoms with Crippen molar-refractivity contribution in [2.45, 2.75) is 26.2 Å². The van der Waals surface area contributed by atoms with Crippen molar-refractivity contribution >= 4 is 5.97 Å². The molecule has 2 N–H and O–H groups in total. The second-order valence-corrected chi connectivity index (χ2v) is 3.38. The van der Waals surface area contributed by atoms with Crippen LogP contribution in [0.2, 0.25) is 0 Å². The van der Waals surface area contributed by atoms with Crippen molar-refractivity contribution in [1.82, 2.24) is 0 Å². The first kappa shape index (κ1) is 10.6. The van der Waals surface area contributed by atoms with Gasteiger partial charge in [0, 0.05) is 6.42 Å². The number of benzene rings is 1. The second-order valence-electron chi connectivity index (χ2n) is 3.38. The molecule has 0 bridgehead atoms. The van der Waals surface area contributed by atoms with E-state index in [4.69, 9.17) is 5.11 Å². The maximum absolute atomic E-state index is 10.3. The van der Waals surface area contributed by atoms with Crippen molar-refractivity contribution in [3.05, 3.63) is 29.3 Å². The van der Waals surface area contributed by atoms with Gasteiger partial charge in [0.15, 0.2) is 0 Å². The molecular formula is C11H14O3. The van der Waals surface area contributed by atoms with Crippen LogP contribution in [0.3, 0.4) is 0 Å². The Hall–Kier alpha value is -1.51. The Morgan fingerprint density at radius 1 is 1.43 bits per heavy atom. The summed E-state index contributed by atoms with van der Waals surface area (Å²) in [5.41, 5.74) is 1.90. The highest BCUT2D eigenvalue weighted by Gasteiger charge is 2.02. The van der Waals surface area contributed by atoms with Gasteiger partial charge in [0.1, 0.15) is 5.75 Å². The van der Waals surface area contributed by atoms with E-state index in [9.17, 15) is 9.90 Å². The van der Waals surface area contributed by atoms with Gasteiger partial charge in [-0.15, -0.1) is 0 Å². The van der Waals surface area contributed by atoms with Crippen LogP contribution in [-0.2, 0) is 11.2 Å². The number of aromatic hydroxyl groups is 1. The number of aryl methyl sites for hydroxylation is 2. The van der Waals surface area contributed by atoms with Crippen LogP contribution in [0.4, 0.5) is 0 Å². The molecule has 1 aromatic rings. The van der Waals surface area contributed by atoms with E-state index in [1.807, 2.05) is 19.1 Å². The average Bonchev–Trinajstić information content (AvgIpc) is 2.10. The lowest BCUT2D eigenvalue weighted by molar-refractivity contribution is -0.137. The monoisotopic (exact) mass is 194 g/mol. The molecule has 3 heteroatoms. The van der Waals surface area contributed by atoms with Crippen LogP contribution >= 0.6 is 0 Å². The Morgan fingerprint density at radius 2 is 2.14 bits per heavy atom. The first-order valence-electron chi connectivity index (χ1n) is 4.60. The molecule has 0 radical (unpaired) electrons. The van der Waals surface area contributed by atoms with Crippen LogP contribution in [0.5, 0.6) is 5.75 Å². The summed E-state index contributed by atoms with van der Waals surface area (Å²) in [6.45, 7) is 1.94. The highest BCUT2D eigenvalue weighted by molar-refractivity contribution is 5.66. The van der Waals surface area contributed by atoms with Crippen LogP contribution in [0, 0.1) is 6.92 Å². The molecule has 0 spiro atoms. The fourth-order valence-electron chi connectivity index (χ4n) is 1.34. The zero-order chi connectivity index (χ0) is 10.6. The molecule has 0 amide bonds. The maximum Gasteiger partial charge on any atom is 0.303 e. The lowest BCUT2D eigenvalue weighted by Gasteiger charge is -2.04. The summed E-state index contributed by atoms with van der Waals surface area (Å²) in [6.07, 6.45) is 1.32. The highest BCUT2D eigenvalue weighted by atomic mass is 16.4. The van der Waals surface area contributed by atoms with E-state index < -0.39 is 5.97 Å². The summed E-state index contributed by atoms with van der Waals surface area (Å²) in [5, 5.41) is 17.9. The Bertz CT molecular complexity index is 331. The van der Waals surface area contributed by atoms with Crippen LogP contribution < -0.4 is 0 Å². The third-order valence-electron chi connectivity index (χ3n) is 2.07. The minimum atomic E-state index is -0.794. The van der Waals surface area contributed by atoms with Gasteiger partial charge in [-0.2, -0.15) is 0 Å². The van der Waals surface area contributed by atoms with Crippen LogP contribution in [0.1, 0.15) is 24.0 Å². The van der Waals surface area contributed by atoms with E-state index in [1.54, 1.807) is 6.07 Å². The number of hydrogen-bond acceptors (Lipinski definition) is 2. The first-order valence-corrected chi connectivity index (χ1v) is 4.60. The minimum Gasteiger partial charge on any atom is -0.508 e. The predicted octanol–water partition coefficient (Wildman–Crippen LogP) is 2.11. The van der Waals surface area contributed by atoms with E-state index >= 15 is 0 Å². The third kappa shape index (κ3) is 3.09. The van der Waals surface area contributed by atoms with Crippen LogP contribution in [0.15, 0.2) is 18.2 Å². The SMILES string of the molecule is Cc1ccc(O)c(CCCC(=O)O)c1. The smallest absolute Gasteiger partial charge is 0.303 e. The predicted molar refractivity (Wildman–Crippen MR) is 53.4 cm³/mol. The highest BCUT2D eigenvalue weighted by Crippen LogP contribution is 2.20. The summed E-state index contributed by atoms with van der Waals surface area (Å²) in [4.78, 5) is 10.3. The third-order valence-corrected chi connectivity index (χ3v) is 2.07. The van der Waals surface area contributed by atoms with Crippen molar-refractivity contribution in [1.29, 1.82) is 0 Å². The van der Waals surface area contributed by atoms with E-state index in [2.05, 4.69) is 0 Å². The summed E-state index contributed by atoms with van der Waals surface area (Å²) in [6, 6.07) is 5.36. The quantitative estimate of drug-likeness (QED) is 0.771. The molecule has 0 aliphatic heterocycles. The van der Waals surface area contributed by atoms with E-state index in [0.717, 1.165) is 11.1 Å². The van der Waals surface area contributed by atoms with Gasteiger partial charge in [0.2, 0.25) is 0 Å². The Balaban J connectivity index is 2.57. The number of carboxylic acid groups (broad SMARTS) is 1. The summed E-state index contributed by atoms with van der Waals surface area (Å²) < 4.78 is 0. The Kier molecular flexibility index (Phi) is 3.51. The van der Waals surface area contributed by atoms with Gasteiger partial charge in [0.05, 0.1) is 0 Å². The van der Waals surface area contributed by atoms with Gasteiger partial charge in [-0.3, -0.25) is 4.79 Å². The van der Waals surface area contributed by atoms with E-state index in [-0.39, 0.29) is 12.2 Å². The van der Waals surface area contributed by atoms with Gasteiger partial charge in [0.25, 0.3) is 0 Å². The largest absolute Gasteiger partial charge is 0.508 e.